The third-order valence-electron chi connectivity index (χ3n) is 4.09. The number of amides is 1. The zero-order valence-electron chi connectivity index (χ0n) is 11.3. The fraction of sp³-hybridized carbons (Fsp3) is 0.467. The summed E-state index contributed by atoms with van der Waals surface area (Å²) < 4.78 is 0. The zero-order valence-corrected chi connectivity index (χ0v) is 11.3. The van der Waals surface area contributed by atoms with Crippen molar-refractivity contribution in [3.8, 4) is 0 Å². The van der Waals surface area contributed by atoms with E-state index in [1.54, 1.807) is 6.07 Å². The minimum atomic E-state index is -1.03. The van der Waals surface area contributed by atoms with E-state index in [1.807, 2.05) is 32.0 Å². The summed E-state index contributed by atoms with van der Waals surface area (Å²) in [5.41, 5.74) is 0.456. The summed E-state index contributed by atoms with van der Waals surface area (Å²) in [6.45, 7) is 4.22. The van der Waals surface area contributed by atoms with Crippen LogP contribution in [0.25, 0.3) is 0 Å². The van der Waals surface area contributed by atoms with E-state index in [9.17, 15) is 14.7 Å². The molecule has 102 valence electrons. The molecule has 1 amide bonds. The number of carboxylic acids is 1. The van der Waals surface area contributed by atoms with Crippen molar-refractivity contribution in [3.05, 3.63) is 35.4 Å². The summed E-state index contributed by atoms with van der Waals surface area (Å²) in [5.74, 6) is -1.06. The van der Waals surface area contributed by atoms with Gasteiger partial charge in [-0.3, -0.25) is 4.79 Å². The Bertz CT molecular complexity index is 512. The molecule has 4 heteroatoms. The molecule has 1 aliphatic heterocycles. The predicted octanol–water partition coefficient (Wildman–Crippen LogP) is 2.46. The second kappa shape index (κ2) is 5.03. The molecular weight excluding hydrogens is 242 g/mol. The molecule has 0 aromatic heterocycles. The summed E-state index contributed by atoms with van der Waals surface area (Å²) in [5, 5.41) is 9.51. The first-order valence-corrected chi connectivity index (χ1v) is 6.64. The topological polar surface area (TPSA) is 57.6 Å². The van der Waals surface area contributed by atoms with Gasteiger partial charge in [-0.1, -0.05) is 25.1 Å². The van der Waals surface area contributed by atoms with Crippen molar-refractivity contribution in [1.29, 1.82) is 0 Å². The lowest BCUT2D eigenvalue weighted by atomic mass is 9.92. The minimum Gasteiger partial charge on any atom is -0.479 e. The van der Waals surface area contributed by atoms with Crippen molar-refractivity contribution in [2.45, 2.75) is 38.6 Å². The van der Waals surface area contributed by atoms with Crippen molar-refractivity contribution < 1.29 is 14.7 Å². The fourth-order valence-corrected chi connectivity index (χ4v) is 2.87. The van der Waals surface area contributed by atoms with Gasteiger partial charge in [0.2, 0.25) is 0 Å². The number of benzene rings is 1. The van der Waals surface area contributed by atoms with E-state index in [0.717, 1.165) is 12.0 Å². The molecule has 0 saturated carbocycles. The highest BCUT2D eigenvalue weighted by Gasteiger charge is 2.48. The largest absolute Gasteiger partial charge is 0.479 e. The van der Waals surface area contributed by atoms with Gasteiger partial charge in [-0.05, 0) is 37.8 Å². The Labute approximate surface area is 113 Å². The minimum absolute atomic E-state index is 0.167. The number of likely N-dealkylation sites (tertiary alicyclic amines) is 1. The maximum Gasteiger partial charge on any atom is 0.329 e. The van der Waals surface area contributed by atoms with Crippen LogP contribution in [0.5, 0.6) is 0 Å². The molecule has 0 aliphatic carbocycles. The predicted molar refractivity (Wildman–Crippen MR) is 72.1 cm³/mol. The molecule has 1 N–H and O–H groups in total. The molecule has 2 rings (SSSR count). The molecule has 1 unspecified atom stereocenters. The van der Waals surface area contributed by atoms with E-state index in [2.05, 4.69) is 0 Å². The Morgan fingerprint density at radius 3 is 2.63 bits per heavy atom. The van der Waals surface area contributed by atoms with E-state index >= 15 is 0 Å². The van der Waals surface area contributed by atoms with Crippen LogP contribution in [0.3, 0.4) is 0 Å². The van der Waals surface area contributed by atoms with Crippen LogP contribution in [0.4, 0.5) is 0 Å². The van der Waals surface area contributed by atoms with E-state index in [-0.39, 0.29) is 5.91 Å². The molecule has 1 fully saturated rings. The van der Waals surface area contributed by atoms with Gasteiger partial charge in [-0.25, -0.2) is 4.79 Å². The van der Waals surface area contributed by atoms with E-state index in [0.29, 0.717) is 24.9 Å². The van der Waals surface area contributed by atoms with Gasteiger partial charge in [0.25, 0.3) is 5.91 Å². The van der Waals surface area contributed by atoms with Gasteiger partial charge >= 0.3 is 5.97 Å². The molecule has 19 heavy (non-hydrogen) atoms. The van der Waals surface area contributed by atoms with Crippen LogP contribution in [0.1, 0.15) is 42.1 Å². The lowest BCUT2D eigenvalue weighted by Gasteiger charge is -2.34. The number of aryl methyl sites for hydroxylation is 1. The number of carbonyl (C=O) groups is 2. The first kappa shape index (κ1) is 13.6. The van der Waals surface area contributed by atoms with Gasteiger partial charge in [0, 0.05) is 12.1 Å². The zero-order chi connectivity index (χ0) is 14.0. The lowest BCUT2D eigenvalue weighted by molar-refractivity contribution is -0.148. The second-order valence-electron chi connectivity index (χ2n) is 5.07. The highest BCUT2D eigenvalue weighted by molar-refractivity contribution is 5.99. The molecule has 1 saturated heterocycles. The third kappa shape index (κ3) is 2.11. The number of carboxylic acid groups (broad SMARTS) is 1. The molecule has 0 bridgehead atoms. The molecule has 1 heterocycles. The number of hydrogen-bond donors (Lipinski definition) is 1. The smallest absolute Gasteiger partial charge is 0.329 e. The maximum atomic E-state index is 12.6. The molecular formula is C15H19NO3. The second-order valence-corrected chi connectivity index (χ2v) is 5.07. The number of aliphatic carboxylic acids is 1. The van der Waals surface area contributed by atoms with E-state index in [4.69, 9.17) is 0 Å². The van der Waals surface area contributed by atoms with Crippen molar-refractivity contribution in [1.82, 2.24) is 4.90 Å². The molecule has 1 atom stereocenters. The third-order valence-corrected chi connectivity index (χ3v) is 4.09. The summed E-state index contributed by atoms with van der Waals surface area (Å²) in [4.78, 5) is 25.7. The standard InChI is InChI=1S/C15H19NO3/c1-3-15(14(18)19)9-6-10-16(15)13(17)12-8-5-4-7-11(12)2/h4-5,7-8H,3,6,9-10H2,1-2H3,(H,18,19). The van der Waals surface area contributed by atoms with Crippen LogP contribution < -0.4 is 0 Å². The van der Waals surface area contributed by atoms with Crippen LogP contribution in [-0.2, 0) is 4.79 Å². The Morgan fingerprint density at radius 1 is 1.37 bits per heavy atom. The first-order chi connectivity index (χ1) is 9.03. The molecule has 1 aromatic carbocycles. The van der Waals surface area contributed by atoms with Crippen molar-refractivity contribution in [3.63, 3.8) is 0 Å². The van der Waals surface area contributed by atoms with E-state index in [1.165, 1.54) is 4.90 Å². The van der Waals surface area contributed by atoms with Crippen LogP contribution >= 0.6 is 0 Å². The SMILES string of the molecule is CCC1(C(=O)O)CCCN1C(=O)c1ccccc1C. The van der Waals surface area contributed by atoms with Gasteiger partial charge in [-0.2, -0.15) is 0 Å². The molecule has 1 aliphatic rings. The highest BCUT2D eigenvalue weighted by atomic mass is 16.4. The van der Waals surface area contributed by atoms with Crippen molar-refractivity contribution in [2.24, 2.45) is 0 Å². The van der Waals surface area contributed by atoms with E-state index < -0.39 is 11.5 Å². The number of hydrogen-bond acceptors (Lipinski definition) is 2. The van der Waals surface area contributed by atoms with Gasteiger partial charge in [0.1, 0.15) is 5.54 Å². The van der Waals surface area contributed by atoms with Crippen LogP contribution in [0.2, 0.25) is 0 Å². The van der Waals surface area contributed by atoms with Crippen LogP contribution in [-0.4, -0.2) is 34.0 Å². The molecule has 0 spiro atoms. The number of rotatable bonds is 3. The Kier molecular flexibility index (Phi) is 3.60. The van der Waals surface area contributed by atoms with Gasteiger partial charge in [-0.15, -0.1) is 0 Å². The fourth-order valence-electron chi connectivity index (χ4n) is 2.87. The molecule has 1 aromatic rings. The summed E-state index contributed by atoms with van der Waals surface area (Å²) in [6.07, 6.45) is 1.73. The summed E-state index contributed by atoms with van der Waals surface area (Å²) in [6, 6.07) is 7.32. The summed E-state index contributed by atoms with van der Waals surface area (Å²) in [7, 11) is 0. The average molecular weight is 261 g/mol. The van der Waals surface area contributed by atoms with Crippen LogP contribution in [0, 0.1) is 6.92 Å². The number of carbonyl (C=O) groups excluding carboxylic acids is 1. The van der Waals surface area contributed by atoms with Crippen molar-refractivity contribution in [2.75, 3.05) is 6.54 Å². The molecule has 4 nitrogen and oxygen atoms in total. The number of nitrogens with zero attached hydrogens (tertiary/aromatic N) is 1. The Balaban J connectivity index is 2.38. The molecule has 0 radical (unpaired) electrons. The quantitative estimate of drug-likeness (QED) is 0.909. The van der Waals surface area contributed by atoms with Crippen LogP contribution in [0.15, 0.2) is 24.3 Å². The first-order valence-electron chi connectivity index (χ1n) is 6.64. The average Bonchev–Trinajstić information content (AvgIpc) is 2.83. The normalized spacial score (nSPS) is 22.5. The lowest BCUT2D eigenvalue weighted by Crippen LogP contribution is -2.52. The Hall–Kier alpha value is -1.84. The Morgan fingerprint density at radius 2 is 2.05 bits per heavy atom. The maximum absolute atomic E-state index is 12.6. The monoisotopic (exact) mass is 261 g/mol. The summed E-state index contributed by atoms with van der Waals surface area (Å²) >= 11 is 0. The van der Waals surface area contributed by atoms with Gasteiger partial charge in [0.05, 0.1) is 0 Å². The van der Waals surface area contributed by atoms with Gasteiger partial charge in [0.15, 0.2) is 0 Å². The highest BCUT2D eigenvalue weighted by Crippen LogP contribution is 2.34. The van der Waals surface area contributed by atoms with Gasteiger partial charge < -0.3 is 10.0 Å². The van der Waals surface area contributed by atoms with Crippen molar-refractivity contribution >= 4 is 11.9 Å².